The Balaban J connectivity index is 0.878. The number of H-pyrrole nitrogens is 1. The highest BCUT2D eigenvalue weighted by atomic mass is 19.1. The van der Waals surface area contributed by atoms with E-state index in [0.29, 0.717) is 54.7 Å². The van der Waals surface area contributed by atoms with Gasteiger partial charge >= 0.3 is 0 Å². The fraction of sp³-hybridized carbons (Fsp3) is 0.324. The number of aryl methyl sites for hydroxylation is 1. The molecule has 0 aliphatic carbocycles. The van der Waals surface area contributed by atoms with E-state index in [1.807, 2.05) is 19.2 Å². The van der Waals surface area contributed by atoms with E-state index >= 15 is 0 Å². The molecule has 6 rings (SSSR count). The molecule has 0 atom stereocenters. The van der Waals surface area contributed by atoms with Crippen LogP contribution in [0.5, 0.6) is 0 Å². The van der Waals surface area contributed by atoms with E-state index in [4.69, 9.17) is 10.5 Å². The van der Waals surface area contributed by atoms with Crippen molar-refractivity contribution in [2.24, 2.45) is 0 Å². The van der Waals surface area contributed by atoms with Gasteiger partial charge in [0.1, 0.15) is 5.82 Å². The Kier molecular flexibility index (Phi) is 11.8. The lowest BCUT2D eigenvalue weighted by atomic mass is 10.0. The summed E-state index contributed by atoms with van der Waals surface area (Å²) in [6, 6.07) is 13.2. The second-order valence-corrected chi connectivity index (χ2v) is 12.5. The number of piperazine rings is 1. The predicted octanol–water partition coefficient (Wildman–Crippen LogP) is 1.83. The number of nitrogen functional groups attached to an aromatic ring is 1. The quantitative estimate of drug-likeness (QED) is 0.123. The monoisotopic (exact) mass is 724 g/mol. The molecule has 1 aliphatic rings. The number of carbonyl (C=O) groups excluding carboxylic acids is 3. The molecule has 5 aromatic rings. The van der Waals surface area contributed by atoms with Crippen LogP contribution in [-0.4, -0.2) is 112 Å². The molecule has 0 saturated carbocycles. The summed E-state index contributed by atoms with van der Waals surface area (Å²) in [6.07, 6.45) is 5.49. The normalized spacial score (nSPS) is 13.0. The molecule has 15 nitrogen and oxygen atoms in total. The lowest BCUT2D eigenvalue weighted by Gasteiger charge is -2.35. The van der Waals surface area contributed by atoms with E-state index < -0.39 is 17.6 Å². The summed E-state index contributed by atoms with van der Waals surface area (Å²) in [4.78, 5) is 58.3. The molecule has 1 aliphatic heterocycles. The van der Waals surface area contributed by atoms with E-state index in [1.165, 1.54) is 12.1 Å². The molecule has 0 bridgehead atoms. The highest BCUT2D eigenvalue weighted by molar-refractivity contribution is 5.98. The molecule has 5 N–H and O–H groups in total. The van der Waals surface area contributed by atoms with Crippen molar-refractivity contribution in [2.75, 3.05) is 64.8 Å². The van der Waals surface area contributed by atoms with Gasteiger partial charge in [0.25, 0.3) is 17.4 Å². The molecular formula is C37H41FN10O5. The van der Waals surface area contributed by atoms with Gasteiger partial charge in [-0.1, -0.05) is 24.3 Å². The first-order valence-electron chi connectivity index (χ1n) is 17.4. The highest BCUT2D eigenvalue weighted by Crippen LogP contribution is 2.22. The van der Waals surface area contributed by atoms with Crippen molar-refractivity contribution >= 4 is 34.2 Å². The topological polar surface area (TPSA) is 193 Å². The molecule has 53 heavy (non-hydrogen) atoms. The summed E-state index contributed by atoms with van der Waals surface area (Å²) in [5.74, 6) is -1.60. The zero-order chi connectivity index (χ0) is 37.3. The third-order valence-electron chi connectivity index (χ3n) is 8.98. The molecule has 0 unspecified atom stereocenters. The van der Waals surface area contributed by atoms with E-state index in [1.54, 1.807) is 57.2 Å². The summed E-state index contributed by atoms with van der Waals surface area (Å²) in [5.41, 5.74) is 9.06. The number of rotatable bonds is 14. The lowest BCUT2D eigenvalue weighted by molar-refractivity contribution is -0.131. The Labute approximate surface area is 304 Å². The van der Waals surface area contributed by atoms with E-state index in [-0.39, 0.29) is 61.2 Å². The smallest absolute Gasteiger partial charge is 0.272 e. The molecule has 1 fully saturated rings. The molecule has 276 valence electrons. The van der Waals surface area contributed by atoms with Gasteiger partial charge in [-0.05, 0) is 36.8 Å². The standard InChI is InChI=1S/C37H41FN10O5/c1-2-48-23-26(21-43-48)25-19-31(39)34(42-20-25)36(51)41-10-16-53-15-9-40-22-33(49)46-11-13-47(14-12-46)37(52)29-17-24(7-8-30(29)38)18-32-27-5-3-4-6-28(27)35(50)45-44-32/h3-8,17,19-21,23,40H,2,9-16,18,22,39H2,1H3,(H,41,51)(H,45,50). The van der Waals surface area contributed by atoms with Crippen molar-refractivity contribution < 1.29 is 23.5 Å². The Morgan fingerprint density at radius 1 is 0.962 bits per heavy atom. The van der Waals surface area contributed by atoms with E-state index in [0.717, 1.165) is 17.7 Å². The number of aromatic nitrogens is 5. The molecule has 3 aromatic heterocycles. The van der Waals surface area contributed by atoms with Gasteiger partial charge in [0.15, 0.2) is 5.69 Å². The van der Waals surface area contributed by atoms with Gasteiger partial charge in [-0.2, -0.15) is 10.2 Å². The molecule has 4 heterocycles. The second kappa shape index (κ2) is 17.0. The molecule has 16 heteroatoms. The van der Waals surface area contributed by atoms with Gasteiger partial charge in [0.2, 0.25) is 5.91 Å². The number of pyridine rings is 1. The fourth-order valence-corrected chi connectivity index (χ4v) is 6.06. The third kappa shape index (κ3) is 8.91. The average Bonchev–Trinajstić information content (AvgIpc) is 3.67. The maximum absolute atomic E-state index is 14.9. The van der Waals surface area contributed by atoms with Crippen LogP contribution in [0.4, 0.5) is 10.1 Å². The lowest BCUT2D eigenvalue weighted by Crippen LogP contribution is -2.52. The van der Waals surface area contributed by atoms with Gasteiger partial charge in [-0.25, -0.2) is 14.5 Å². The summed E-state index contributed by atoms with van der Waals surface area (Å²) in [7, 11) is 0. The van der Waals surface area contributed by atoms with Crippen LogP contribution in [0.1, 0.15) is 39.0 Å². The van der Waals surface area contributed by atoms with Crippen molar-refractivity contribution in [3.05, 3.63) is 106 Å². The number of ether oxygens (including phenoxy) is 1. The van der Waals surface area contributed by atoms with Crippen molar-refractivity contribution in [1.82, 2.24) is 45.4 Å². The van der Waals surface area contributed by atoms with Crippen LogP contribution in [0.3, 0.4) is 0 Å². The second-order valence-electron chi connectivity index (χ2n) is 12.5. The number of amides is 3. The zero-order valence-corrected chi connectivity index (χ0v) is 29.3. The van der Waals surface area contributed by atoms with Crippen LogP contribution < -0.4 is 21.9 Å². The Morgan fingerprint density at radius 3 is 2.47 bits per heavy atom. The van der Waals surface area contributed by atoms with Crippen molar-refractivity contribution in [1.29, 1.82) is 0 Å². The number of aromatic amines is 1. The minimum Gasteiger partial charge on any atom is -0.397 e. The van der Waals surface area contributed by atoms with Gasteiger partial charge in [-0.15, -0.1) is 0 Å². The average molecular weight is 725 g/mol. The van der Waals surface area contributed by atoms with Gasteiger partial charge in [-0.3, -0.25) is 23.9 Å². The molecule has 0 radical (unpaired) electrons. The number of nitrogens with zero attached hydrogens (tertiary/aromatic N) is 6. The van der Waals surface area contributed by atoms with Crippen LogP contribution in [0.2, 0.25) is 0 Å². The predicted molar refractivity (Wildman–Crippen MR) is 196 cm³/mol. The van der Waals surface area contributed by atoms with Crippen molar-refractivity contribution in [3.8, 4) is 11.1 Å². The summed E-state index contributed by atoms with van der Waals surface area (Å²) >= 11 is 0. The van der Waals surface area contributed by atoms with Crippen LogP contribution in [0.25, 0.3) is 21.9 Å². The molecule has 2 aromatic carbocycles. The minimum atomic E-state index is -0.630. The molecule has 1 saturated heterocycles. The maximum atomic E-state index is 14.9. The minimum absolute atomic E-state index is 0.0520. The number of anilines is 1. The number of nitrogens with one attached hydrogen (secondary N) is 3. The zero-order valence-electron chi connectivity index (χ0n) is 29.3. The van der Waals surface area contributed by atoms with Crippen molar-refractivity contribution in [3.63, 3.8) is 0 Å². The van der Waals surface area contributed by atoms with Crippen LogP contribution in [0, 0.1) is 5.82 Å². The summed E-state index contributed by atoms with van der Waals surface area (Å²) < 4.78 is 22.2. The number of halogens is 1. The number of fused-ring (bicyclic) bond motifs is 1. The van der Waals surface area contributed by atoms with E-state index in [2.05, 4.69) is 30.9 Å². The Hall–Kier alpha value is -6.00. The first-order valence-corrected chi connectivity index (χ1v) is 17.4. The summed E-state index contributed by atoms with van der Waals surface area (Å²) in [5, 5.41) is 17.9. The third-order valence-corrected chi connectivity index (χ3v) is 8.98. The fourth-order valence-electron chi connectivity index (χ4n) is 6.06. The number of hydrogen-bond acceptors (Lipinski definition) is 10. The van der Waals surface area contributed by atoms with Gasteiger partial charge in [0.05, 0.1) is 48.3 Å². The molecular weight excluding hydrogens is 683 g/mol. The first-order chi connectivity index (χ1) is 25.7. The number of nitrogens with two attached hydrogens (primary N) is 1. The number of carbonyl (C=O) groups is 3. The molecule has 3 amide bonds. The van der Waals surface area contributed by atoms with Crippen LogP contribution in [-0.2, 0) is 22.5 Å². The Bertz CT molecular complexity index is 2160. The van der Waals surface area contributed by atoms with Gasteiger partial charge in [0, 0.05) is 81.1 Å². The highest BCUT2D eigenvalue weighted by Gasteiger charge is 2.26. The maximum Gasteiger partial charge on any atom is 0.272 e. The number of benzene rings is 2. The first kappa shape index (κ1) is 36.8. The number of hydrogen-bond donors (Lipinski definition) is 4. The van der Waals surface area contributed by atoms with Crippen molar-refractivity contribution in [2.45, 2.75) is 19.9 Å². The van der Waals surface area contributed by atoms with Crippen LogP contribution >= 0.6 is 0 Å². The van der Waals surface area contributed by atoms with E-state index in [9.17, 15) is 23.6 Å². The largest absolute Gasteiger partial charge is 0.397 e. The Morgan fingerprint density at radius 2 is 1.72 bits per heavy atom. The SMILES string of the molecule is CCn1cc(-c2cnc(C(=O)NCCOCCNCC(=O)N3CCN(C(=O)c4cc(Cc5n[nH]c(=O)c6ccccc56)ccc4F)CC3)c(N)c2)cn1. The molecule has 0 spiro atoms. The van der Waals surface area contributed by atoms with Crippen LogP contribution in [0.15, 0.2) is 71.9 Å². The van der Waals surface area contributed by atoms with Gasteiger partial charge < -0.3 is 30.9 Å². The summed E-state index contributed by atoms with van der Waals surface area (Å²) in [6.45, 7) is 5.27.